The molecule has 6 heteroatoms. The van der Waals surface area contributed by atoms with E-state index in [0.29, 0.717) is 0 Å². The monoisotopic (exact) mass is 375 g/mol. The zero-order chi connectivity index (χ0) is 18.6. The summed E-state index contributed by atoms with van der Waals surface area (Å²) in [6, 6.07) is 13.5. The van der Waals surface area contributed by atoms with Crippen LogP contribution in [0.2, 0.25) is 0 Å². The Labute approximate surface area is 153 Å². The van der Waals surface area contributed by atoms with Crippen molar-refractivity contribution in [2.24, 2.45) is 5.92 Å². The number of carbonyl (C=O) groups excluding carboxylic acids is 1. The van der Waals surface area contributed by atoms with Crippen LogP contribution in [0.1, 0.15) is 42.5 Å². The largest absolute Gasteiger partial charge is 0.269 e. The lowest BCUT2D eigenvalue weighted by Gasteiger charge is -2.29. The van der Waals surface area contributed by atoms with Gasteiger partial charge < -0.3 is 0 Å². The topological polar surface area (TPSA) is 54.5 Å². The molecule has 0 bridgehead atoms. The van der Waals surface area contributed by atoms with Gasteiger partial charge in [-0.3, -0.25) is 4.79 Å². The standard InChI is InChI=1S/C20H22FNO3S/c21-18-13-7-8-14-19(18)26(24,25)22(15-16-9-3-1-4-10-16)20(23)17-11-5-2-6-12-17/h2,5-8,11-14,16H,1,3-4,9-10,15H2. The minimum Gasteiger partial charge on any atom is -0.268 e. The number of hydrogen-bond donors (Lipinski definition) is 0. The van der Waals surface area contributed by atoms with Gasteiger partial charge in [0.2, 0.25) is 0 Å². The lowest BCUT2D eigenvalue weighted by Crippen LogP contribution is -2.41. The number of rotatable bonds is 5. The van der Waals surface area contributed by atoms with Crippen molar-refractivity contribution < 1.29 is 17.6 Å². The van der Waals surface area contributed by atoms with Crippen LogP contribution in [0.3, 0.4) is 0 Å². The zero-order valence-corrected chi connectivity index (χ0v) is 15.3. The molecule has 0 aromatic heterocycles. The van der Waals surface area contributed by atoms with Crippen LogP contribution in [0.15, 0.2) is 59.5 Å². The molecule has 1 aliphatic carbocycles. The van der Waals surface area contributed by atoms with Crippen molar-refractivity contribution in [1.82, 2.24) is 4.31 Å². The lowest BCUT2D eigenvalue weighted by molar-refractivity contribution is 0.0838. The molecule has 2 aromatic carbocycles. The van der Waals surface area contributed by atoms with Crippen LogP contribution in [-0.2, 0) is 10.0 Å². The summed E-state index contributed by atoms with van der Waals surface area (Å²) in [6.45, 7) is 0.0877. The third-order valence-electron chi connectivity index (χ3n) is 4.80. The molecule has 0 unspecified atom stereocenters. The average Bonchev–Trinajstić information content (AvgIpc) is 2.67. The molecular formula is C20H22FNO3S. The molecule has 0 saturated heterocycles. The van der Waals surface area contributed by atoms with Gasteiger partial charge >= 0.3 is 0 Å². The molecule has 138 valence electrons. The Kier molecular flexibility index (Phi) is 5.71. The summed E-state index contributed by atoms with van der Waals surface area (Å²) >= 11 is 0. The van der Waals surface area contributed by atoms with Crippen molar-refractivity contribution in [3.05, 3.63) is 66.0 Å². The second-order valence-corrected chi connectivity index (χ2v) is 8.47. The molecule has 0 spiro atoms. The summed E-state index contributed by atoms with van der Waals surface area (Å²) in [5.74, 6) is -1.35. The summed E-state index contributed by atoms with van der Waals surface area (Å²) in [6.07, 6.45) is 4.94. The van der Waals surface area contributed by atoms with E-state index in [1.807, 2.05) is 0 Å². The van der Waals surface area contributed by atoms with Crippen LogP contribution >= 0.6 is 0 Å². The van der Waals surface area contributed by atoms with Crippen molar-refractivity contribution in [2.75, 3.05) is 6.54 Å². The first kappa shape index (κ1) is 18.6. The number of sulfonamides is 1. The number of hydrogen-bond acceptors (Lipinski definition) is 3. The van der Waals surface area contributed by atoms with E-state index in [9.17, 15) is 17.6 Å². The van der Waals surface area contributed by atoms with Gasteiger partial charge in [0.1, 0.15) is 10.7 Å². The Morgan fingerprint density at radius 3 is 2.23 bits per heavy atom. The molecule has 3 rings (SSSR count). The smallest absolute Gasteiger partial charge is 0.268 e. The van der Waals surface area contributed by atoms with E-state index in [2.05, 4.69) is 0 Å². The number of halogens is 1. The lowest BCUT2D eigenvalue weighted by atomic mass is 9.89. The highest BCUT2D eigenvalue weighted by Gasteiger charge is 2.34. The van der Waals surface area contributed by atoms with Gasteiger partial charge in [0.05, 0.1) is 0 Å². The van der Waals surface area contributed by atoms with E-state index in [0.717, 1.165) is 42.5 Å². The fourth-order valence-electron chi connectivity index (χ4n) is 3.39. The van der Waals surface area contributed by atoms with Crippen molar-refractivity contribution in [1.29, 1.82) is 0 Å². The molecule has 1 fully saturated rings. The highest BCUT2D eigenvalue weighted by Crippen LogP contribution is 2.28. The van der Waals surface area contributed by atoms with E-state index >= 15 is 0 Å². The molecule has 1 amide bonds. The summed E-state index contributed by atoms with van der Waals surface area (Å²) in [5, 5.41) is 0. The van der Waals surface area contributed by atoms with Gasteiger partial charge in [-0.2, -0.15) is 0 Å². The van der Waals surface area contributed by atoms with Gasteiger partial charge in [0, 0.05) is 12.1 Å². The maximum atomic E-state index is 14.2. The first-order valence-electron chi connectivity index (χ1n) is 8.87. The second-order valence-electron chi connectivity index (χ2n) is 6.64. The van der Waals surface area contributed by atoms with Crippen LogP contribution in [0.25, 0.3) is 0 Å². The number of carbonyl (C=O) groups is 1. The molecule has 4 nitrogen and oxygen atoms in total. The van der Waals surface area contributed by atoms with Crippen LogP contribution in [-0.4, -0.2) is 25.2 Å². The Morgan fingerprint density at radius 2 is 1.58 bits per heavy atom. The number of benzene rings is 2. The molecule has 1 aliphatic rings. The maximum Gasteiger partial charge on any atom is 0.269 e. The van der Waals surface area contributed by atoms with E-state index in [-0.39, 0.29) is 18.0 Å². The van der Waals surface area contributed by atoms with Gasteiger partial charge in [0.15, 0.2) is 0 Å². The van der Waals surface area contributed by atoms with E-state index in [1.54, 1.807) is 30.3 Å². The highest BCUT2D eigenvalue weighted by molar-refractivity contribution is 7.89. The third-order valence-corrected chi connectivity index (χ3v) is 6.58. The highest BCUT2D eigenvalue weighted by atomic mass is 32.2. The maximum absolute atomic E-state index is 14.2. The summed E-state index contributed by atoms with van der Waals surface area (Å²) in [4.78, 5) is 12.5. The fourth-order valence-corrected chi connectivity index (χ4v) is 4.93. The van der Waals surface area contributed by atoms with Gasteiger partial charge in [0.25, 0.3) is 15.9 Å². The second kappa shape index (κ2) is 7.99. The molecule has 0 aliphatic heterocycles. The van der Waals surface area contributed by atoms with Gasteiger partial charge in [-0.05, 0) is 43.0 Å². The third kappa shape index (κ3) is 3.96. The molecule has 1 saturated carbocycles. The van der Waals surface area contributed by atoms with Crippen molar-refractivity contribution in [3.63, 3.8) is 0 Å². The average molecular weight is 375 g/mol. The first-order valence-corrected chi connectivity index (χ1v) is 10.3. The number of amides is 1. The Hall–Kier alpha value is -2.21. The molecule has 0 radical (unpaired) electrons. The van der Waals surface area contributed by atoms with Gasteiger partial charge in [-0.15, -0.1) is 0 Å². The van der Waals surface area contributed by atoms with Crippen LogP contribution in [0.5, 0.6) is 0 Å². The predicted molar refractivity (Wildman–Crippen MR) is 97.6 cm³/mol. The fraction of sp³-hybridized carbons (Fsp3) is 0.350. The Balaban J connectivity index is 1.99. The van der Waals surface area contributed by atoms with Crippen LogP contribution in [0, 0.1) is 11.7 Å². The molecule has 2 aromatic rings. The normalized spacial score (nSPS) is 15.6. The number of nitrogens with zero attached hydrogens (tertiary/aromatic N) is 1. The molecule has 26 heavy (non-hydrogen) atoms. The summed E-state index contributed by atoms with van der Waals surface area (Å²) < 4.78 is 41.2. The molecule has 0 atom stereocenters. The molecule has 0 heterocycles. The van der Waals surface area contributed by atoms with Crippen LogP contribution < -0.4 is 0 Å². The van der Waals surface area contributed by atoms with E-state index < -0.39 is 26.6 Å². The van der Waals surface area contributed by atoms with E-state index in [4.69, 9.17) is 0 Å². The summed E-state index contributed by atoms with van der Waals surface area (Å²) in [5.41, 5.74) is 0.281. The van der Waals surface area contributed by atoms with Gasteiger partial charge in [-0.25, -0.2) is 17.1 Å². The SMILES string of the molecule is O=C(c1ccccc1)N(CC1CCCCC1)S(=O)(=O)c1ccccc1F. The summed E-state index contributed by atoms with van der Waals surface area (Å²) in [7, 11) is -4.27. The van der Waals surface area contributed by atoms with Crippen molar-refractivity contribution in [2.45, 2.75) is 37.0 Å². The first-order chi connectivity index (χ1) is 12.5. The minimum absolute atomic E-state index is 0.0877. The Bertz CT molecular complexity index is 862. The quantitative estimate of drug-likeness (QED) is 0.785. The molecular weight excluding hydrogens is 353 g/mol. The minimum atomic E-state index is -4.27. The Morgan fingerprint density at radius 1 is 0.962 bits per heavy atom. The van der Waals surface area contributed by atoms with Crippen molar-refractivity contribution in [3.8, 4) is 0 Å². The van der Waals surface area contributed by atoms with E-state index in [1.165, 1.54) is 18.2 Å². The van der Waals surface area contributed by atoms with Crippen molar-refractivity contribution >= 4 is 15.9 Å². The van der Waals surface area contributed by atoms with Crippen LogP contribution in [0.4, 0.5) is 4.39 Å². The van der Waals surface area contributed by atoms with Gasteiger partial charge in [-0.1, -0.05) is 49.6 Å². The zero-order valence-electron chi connectivity index (χ0n) is 14.5. The molecule has 0 N–H and O–H groups in total. The predicted octanol–water partition coefficient (Wildman–Crippen LogP) is 4.24.